The molecule has 0 aliphatic heterocycles. The second-order valence-electron chi connectivity index (χ2n) is 4.67. The average molecular weight is 380 g/mol. The molecule has 0 saturated heterocycles. The number of nitrogens with one attached hydrogen (secondary N) is 1. The average Bonchev–Trinajstić information content (AvgIpc) is 2.56. The number of amides is 1. The second kappa shape index (κ2) is 9.17. The van der Waals surface area contributed by atoms with E-state index in [1.165, 1.54) is 0 Å². The van der Waals surface area contributed by atoms with Crippen molar-refractivity contribution >= 4 is 27.7 Å². The lowest BCUT2D eigenvalue weighted by atomic mass is 10.2. The van der Waals surface area contributed by atoms with Crippen molar-refractivity contribution in [1.82, 2.24) is 0 Å². The van der Waals surface area contributed by atoms with Crippen LogP contribution in [0.4, 0.5) is 10.5 Å². The van der Waals surface area contributed by atoms with Crippen LogP contribution in [0, 0.1) is 0 Å². The zero-order valence-corrected chi connectivity index (χ0v) is 14.3. The van der Waals surface area contributed by atoms with E-state index in [0.717, 1.165) is 10.0 Å². The summed E-state index contributed by atoms with van der Waals surface area (Å²) in [4.78, 5) is 11.8. The lowest BCUT2D eigenvalue weighted by Crippen LogP contribution is -2.13. The highest BCUT2D eigenvalue weighted by molar-refractivity contribution is 9.10. The SMILES string of the molecule is COCCOc1ccc(NC(=O)OCc2ccccc2)cc1Br. The van der Waals surface area contributed by atoms with E-state index in [4.69, 9.17) is 14.2 Å². The van der Waals surface area contributed by atoms with E-state index in [0.29, 0.717) is 24.7 Å². The molecule has 0 aromatic heterocycles. The third kappa shape index (κ3) is 5.92. The maximum absolute atomic E-state index is 11.8. The fourth-order valence-corrected chi connectivity index (χ4v) is 2.30. The molecule has 1 amide bonds. The van der Waals surface area contributed by atoms with E-state index >= 15 is 0 Å². The molecule has 23 heavy (non-hydrogen) atoms. The van der Waals surface area contributed by atoms with Crippen molar-refractivity contribution in [3.05, 3.63) is 58.6 Å². The highest BCUT2D eigenvalue weighted by atomic mass is 79.9. The lowest BCUT2D eigenvalue weighted by molar-refractivity contribution is 0.146. The van der Waals surface area contributed by atoms with Crippen LogP contribution in [0.2, 0.25) is 0 Å². The van der Waals surface area contributed by atoms with Crippen LogP contribution in [0.1, 0.15) is 5.56 Å². The van der Waals surface area contributed by atoms with Gasteiger partial charge in [-0.3, -0.25) is 5.32 Å². The Labute approximate surface area is 143 Å². The van der Waals surface area contributed by atoms with Gasteiger partial charge in [-0.2, -0.15) is 0 Å². The van der Waals surface area contributed by atoms with E-state index in [1.807, 2.05) is 30.3 Å². The zero-order valence-electron chi connectivity index (χ0n) is 12.8. The minimum absolute atomic E-state index is 0.228. The largest absolute Gasteiger partial charge is 0.490 e. The molecule has 0 radical (unpaired) electrons. The normalized spacial score (nSPS) is 10.2. The third-order valence-electron chi connectivity index (χ3n) is 2.94. The van der Waals surface area contributed by atoms with Crippen LogP contribution in [-0.4, -0.2) is 26.4 Å². The molecule has 0 spiro atoms. The number of rotatable bonds is 7. The predicted octanol–water partition coefficient (Wildman–Crippen LogP) is 4.22. The fourth-order valence-electron chi connectivity index (χ4n) is 1.81. The van der Waals surface area contributed by atoms with Gasteiger partial charge in [-0.05, 0) is 39.7 Å². The van der Waals surface area contributed by atoms with Gasteiger partial charge in [0, 0.05) is 12.8 Å². The van der Waals surface area contributed by atoms with Crippen LogP contribution in [-0.2, 0) is 16.1 Å². The third-order valence-corrected chi connectivity index (χ3v) is 3.56. The molecular formula is C17H18BrNO4. The Kier molecular flexibility index (Phi) is 6.90. The summed E-state index contributed by atoms with van der Waals surface area (Å²) in [5, 5.41) is 2.68. The number of carbonyl (C=O) groups excluding carboxylic acids is 1. The molecule has 5 nitrogen and oxygen atoms in total. The Morgan fingerprint density at radius 2 is 1.91 bits per heavy atom. The minimum Gasteiger partial charge on any atom is -0.490 e. The Morgan fingerprint density at radius 3 is 2.61 bits per heavy atom. The summed E-state index contributed by atoms with van der Waals surface area (Å²) >= 11 is 3.41. The van der Waals surface area contributed by atoms with E-state index in [1.54, 1.807) is 25.3 Å². The van der Waals surface area contributed by atoms with Crippen molar-refractivity contribution in [3.8, 4) is 5.75 Å². The summed E-state index contributed by atoms with van der Waals surface area (Å²) in [7, 11) is 1.62. The van der Waals surface area contributed by atoms with Crippen LogP contribution in [0.3, 0.4) is 0 Å². The number of halogens is 1. The molecular weight excluding hydrogens is 362 g/mol. The molecule has 0 atom stereocenters. The van der Waals surface area contributed by atoms with Crippen molar-refractivity contribution in [2.75, 3.05) is 25.6 Å². The van der Waals surface area contributed by atoms with Gasteiger partial charge in [-0.25, -0.2) is 4.79 Å². The van der Waals surface area contributed by atoms with Crippen molar-refractivity contribution in [1.29, 1.82) is 0 Å². The maximum atomic E-state index is 11.8. The molecule has 6 heteroatoms. The first-order valence-electron chi connectivity index (χ1n) is 7.08. The molecule has 0 bridgehead atoms. The first kappa shape index (κ1) is 17.3. The van der Waals surface area contributed by atoms with E-state index in [2.05, 4.69) is 21.2 Å². The topological polar surface area (TPSA) is 56.8 Å². The highest BCUT2D eigenvalue weighted by Crippen LogP contribution is 2.28. The lowest BCUT2D eigenvalue weighted by Gasteiger charge is -2.10. The maximum Gasteiger partial charge on any atom is 0.411 e. The molecule has 1 N–H and O–H groups in total. The van der Waals surface area contributed by atoms with Gasteiger partial charge in [0.1, 0.15) is 19.0 Å². The van der Waals surface area contributed by atoms with E-state index < -0.39 is 6.09 Å². The summed E-state index contributed by atoms with van der Waals surface area (Å²) in [6.07, 6.45) is -0.506. The summed E-state index contributed by atoms with van der Waals surface area (Å²) in [5.41, 5.74) is 1.56. The Hall–Kier alpha value is -2.05. The van der Waals surface area contributed by atoms with Crippen molar-refractivity contribution in [2.45, 2.75) is 6.61 Å². The molecule has 0 heterocycles. The summed E-state index contributed by atoms with van der Waals surface area (Å²) in [6, 6.07) is 14.8. The zero-order chi connectivity index (χ0) is 16.5. The first-order valence-corrected chi connectivity index (χ1v) is 7.87. The summed E-state index contributed by atoms with van der Waals surface area (Å²) in [6.45, 7) is 1.20. The summed E-state index contributed by atoms with van der Waals surface area (Å²) in [5.74, 6) is 0.685. The van der Waals surface area contributed by atoms with Gasteiger partial charge in [0.15, 0.2) is 0 Å². The van der Waals surface area contributed by atoms with Gasteiger partial charge in [0.2, 0.25) is 0 Å². The van der Waals surface area contributed by atoms with Gasteiger partial charge >= 0.3 is 6.09 Å². The van der Waals surface area contributed by atoms with E-state index in [9.17, 15) is 4.79 Å². The van der Waals surface area contributed by atoms with Gasteiger partial charge < -0.3 is 14.2 Å². The Balaban J connectivity index is 1.84. The molecule has 2 aromatic carbocycles. The van der Waals surface area contributed by atoms with Crippen LogP contribution < -0.4 is 10.1 Å². The Bertz CT molecular complexity index is 634. The Morgan fingerprint density at radius 1 is 1.13 bits per heavy atom. The van der Waals surface area contributed by atoms with Gasteiger partial charge in [-0.1, -0.05) is 30.3 Å². The van der Waals surface area contributed by atoms with Gasteiger partial charge in [0.25, 0.3) is 0 Å². The molecule has 122 valence electrons. The molecule has 0 aliphatic rings. The second-order valence-corrected chi connectivity index (χ2v) is 5.53. The predicted molar refractivity (Wildman–Crippen MR) is 91.8 cm³/mol. The summed E-state index contributed by atoms with van der Waals surface area (Å²) < 4.78 is 16.4. The monoisotopic (exact) mass is 379 g/mol. The van der Waals surface area contributed by atoms with Crippen LogP contribution >= 0.6 is 15.9 Å². The van der Waals surface area contributed by atoms with Crippen LogP contribution in [0.5, 0.6) is 5.75 Å². The smallest absolute Gasteiger partial charge is 0.411 e. The minimum atomic E-state index is -0.506. The first-order chi connectivity index (χ1) is 11.2. The number of hydrogen-bond donors (Lipinski definition) is 1. The number of carbonyl (C=O) groups is 1. The van der Waals surface area contributed by atoms with Crippen molar-refractivity contribution in [2.24, 2.45) is 0 Å². The molecule has 0 saturated carbocycles. The quantitative estimate of drug-likeness (QED) is 0.731. The number of methoxy groups -OCH3 is 1. The van der Waals surface area contributed by atoms with E-state index in [-0.39, 0.29) is 6.61 Å². The number of hydrogen-bond acceptors (Lipinski definition) is 4. The van der Waals surface area contributed by atoms with Crippen LogP contribution in [0.25, 0.3) is 0 Å². The number of anilines is 1. The standard InChI is InChI=1S/C17H18BrNO4/c1-21-9-10-22-16-8-7-14(11-15(16)18)19-17(20)23-12-13-5-3-2-4-6-13/h2-8,11H,9-10,12H2,1H3,(H,19,20). The number of benzene rings is 2. The van der Waals surface area contributed by atoms with Crippen molar-refractivity contribution in [3.63, 3.8) is 0 Å². The van der Waals surface area contributed by atoms with Gasteiger partial charge in [-0.15, -0.1) is 0 Å². The number of ether oxygens (including phenoxy) is 3. The molecule has 2 aromatic rings. The molecule has 0 unspecified atom stereocenters. The fraction of sp³-hybridized carbons (Fsp3) is 0.235. The highest BCUT2D eigenvalue weighted by Gasteiger charge is 2.07. The van der Waals surface area contributed by atoms with Crippen LogP contribution in [0.15, 0.2) is 53.0 Å². The molecule has 0 fully saturated rings. The molecule has 2 rings (SSSR count). The molecule has 0 aliphatic carbocycles. The van der Waals surface area contributed by atoms with Crippen molar-refractivity contribution < 1.29 is 19.0 Å². The van der Waals surface area contributed by atoms with Gasteiger partial charge in [0.05, 0.1) is 11.1 Å².